The molecule has 0 radical (unpaired) electrons. The second-order valence-corrected chi connectivity index (χ2v) is 4.45. The van der Waals surface area contributed by atoms with Crippen molar-refractivity contribution in [3.8, 4) is 0 Å². The molecule has 1 unspecified atom stereocenters. The third-order valence-corrected chi connectivity index (χ3v) is 2.59. The van der Waals surface area contributed by atoms with Crippen LogP contribution in [0.2, 0.25) is 0 Å². The Labute approximate surface area is 125 Å². The minimum atomic E-state index is -1.08. The fraction of sp³-hybridized carbons (Fsp3) is 0.667. The molecule has 0 aliphatic carbocycles. The molecule has 122 valence electrons. The highest BCUT2D eigenvalue weighted by Gasteiger charge is 2.09. The molecule has 0 amide bonds. The molecule has 0 aliphatic rings. The lowest BCUT2D eigenvalue weighted by Gasteiger charge is -2.14. The molecule has 0 aromatic rings. The van der Waals surface area contributed by atoms with Crippen molar-refractivity contribution in [3.05, 3.63) is 12.7 Å². The number of hydrogen-bond donors (Lipinski definition) is 2. The minimum absolute atomic E-state index is 0.0806. The first-order chi connectivity index (χ1) is 9.87. The van der Waals surface area contributed by atoms with Crippen LogP contribution in [0.3, 0.4) is 0 Å². The molecule has 0 fully saturated rings. The van der Waals surface area contributed by atoms with Gasteiger partial charge in [-0.3, -0.25) is 9.59 Å². The minimum Gasteiger partial charge on any atom is -0.481 e. The van der Waals surface area contributed by atoms with Gasteiger partial charge in [-0.2, -0.15) is 0 Å². The number of ether oxygens (including phenoxy) is 1. The number of esters is 1. The van der Waals surface area contributed by atoms with Crippen molar-refractivity contribution in [2.75, 3.05) is 0 Å². The second-order valence-electron chi connectivity index (χ2n) is 4.45. The molecular weight excluding hydrogens is 276 g/mol. The predicted octanol–water partition coefficient (Wildman–Crippen LogP) is 3.01. The highest BCUT2D eigenvalue weighted by molar-refractivity contribution is 5.81. The Balaban J connectivity index is 0. The zero-order valence-corrected chi connectivity index (χ0v) is 12.8. The van der Waals surface area contributed by atoms with E-state index in [0.717, 1.165) is 19.3 Å². The Morgan fingerprint density at radius 3 is 1.95 bits per heavy atom. The summed E-state index contributed by atoms with van der Waals surface area (Å²) in [4.78, 5) is 30.2. The summed E-state index contributed by atoms with van der Waals surface area (Å²) in [6, 6.07) is 0. The Hall–Kier alpha value is -1.85. The number of carboxylic acids is 2. The molecule has 0 rings (SSSR count). The zero-order chi connectivity index (χ0) is 16.7. The molecule has 0 heterocycles. The van der Waals surface area contributed by atoms with Gasteiger partial charge in [0.25, 0.3) is 0 Å². The summed E-state index contributed by atoms with van der Waals surface area (Å²) < 4.78 is 5.14. The standard InChI is InChI=1S/C11H20O2.C4H6O4/c1-4-7-8-9-10(5-2)13-11(12)6-3;5-3(6)1-2-4(7)8/h6,10H,3-5,7-9H2,1-2H3;1-2H2,(H,5,6)(H,7,8). The molecule has 0 spiro atoms. The van der Waals surface area contributed by atoms with Crippen molar-refractivity contribution in [1.29, 1.82) is 0 Å². The van der Waals surface area contributed by atoms with Gasteiger partial charge in [0, 0.05) is 6.08 Å². The number of carboxylic acid groups (broad SMARTS) is 2. The molecule has 0 aliphatic heterocycles. The molecule has 1 atom stereocenters. The van der Waals surface area contributed by atoms with Crippen molar-refractivity contribution in [2.45, 2.75) is 64.9 Å². The molecular formula is C15H26O6. The maximum absolute atomic E-state index is 10.9. The van der Waals surface area contributed by atoms with Crippen molar-refractivity contribution in [1.82, 2.24) is 0 Å². The third kappa shape index (κ3) is 18.1. The molecule has 0 saturated heterocycles. The SMILES string of the molecule is C=CC(=O)OC(CC)CCCCC.O=C(O)CCC(=O)O. The summed E-state index contributed by atoms with van der Waals surface area (Å²) in [7, 11) is 0. The van der Waals surface area contributed by atoms with Crippen molar-refractivity contribution in [2.24, 2.45) is 0 Å². The summed E-state index contributed by atoms with van der Waals surface area (Å²) in [6.45, 7) is 7.57. The lowest BCUT2D eigenvalue weighted by Crippen LogP contribution is -2.15. The van der Waals surface area contributed by atoms with Gasteiger partial charge in [0.2, 0.25) is 0 Å². The lowest BCUT2D eigenvalue weighted by molar-refractivity contribution is -0.143. The van der Waals surface area contributed by atoms with Crippen LogP contribution in [0, 0.1) is 0 Å². The van der Waals surface area contributed by atoms with Crippen molar-refractivity contribution < 1.29 is 29.3 Å². The average Bonchev–Trinajstić information content (AvgIpc) is 2.44. The van der Waals surface area contributed by atoms with Gasteiger partial charge in [-0.15, -0.1) is 0 Å². The first-order valence-electron chi connectivity index (χ1n) is 7.13. The maximum atomic E-state index is 10.9. The summed E-state index contributed by atoms with van der Waals surface area (Å²) >= 11 is 0. The Morgan fingerprint density at radius 1 is 1.10 bits per heavy atom. The number of unbranched alkanes of at least 4 members (excludes halogenated alkanes) is 2. The van der Waals surface area contributed by atoms with Gasteiger partial charge in [0.1, 0.15) is 6.10 Å². The van der Waals surface area contributed by atoms with Crippen LogP contribution < -0.4 is 0 Å². The van der Waals surface area contributed by atoms with E-state index in [2.05, 4.69) is 13.5 Å². The quantitative estimate of drug-likeness (QED) is 0.365. The van der Waals surface area contributed by atoms with E-state index >= 15 is 0 Å². The summed E-state index contributed by atoms with van der Waals surface area (Å²) in [5.74, 6) is -2.46. The number of rotatable bonds is 10. The maximum Gasteiger partial charge on any atom is 0.330 e. The Bertz CT molecular complexity index is 310. The van der Waals surface area contributed by atoms with Crippen molar-refractivity contribution in [3.63, 3.8) is 0 Å². The largest absolute Gasteiger partial charge is 0.481 e. The van der Waals surface area contributed by atoms with E-state index in [-0.39, 0.29) is 24.9 Å². The van der Waals surface area contributed by atoms with E-state index in [4.69, 9.17) is 14.9 Å². The molecule has 2 N–H and O–H groups in total. The van der Waals surface area contributed by atoms with Crippen LogP contribution in [-0.4, -0.2) is 34.2 Å². The average molecular weight is 302 g/mol. The van der Waals surface area contributed by atoms with Crippen LogP contribution >= 0.6 is 0 Å². The smallest absolute Gasteiger partial charge is 0.330 e. The Morgan fingerprint density at radius 2 is 1.62 bits per heavy atom. The van der Waals surface area contributed by atoms with E-state index in [9.17, 15) is 14.4 Å². The van der Waals surface area contributed by atoms with Crippen LogP contribution in [0.15, 0.2) is 12.7 Å². The van der Waals surface area contributed by atoms with Gasteiger partial charge in [-0.05, 0) is 19.3 Å². The molecule has 0 bridgehead atoms. The number of aliphatic carboxylic acids is 2. The van der Waals surface area contributed by atoms with Gasteiger partial charge < -0.3 is 14.9 Å². The van der Waals surface area contributed by atoms with Gasteiger partial charge >= 0.3 is 17.9 Å². The van der Waals surface area contributed by atoms with Crippen molar-refractivity contribution >= 4 is 17.9 Å². The molecule has 0 aromatic carbocycles. The van der Waals surface area contributed by atoms with Crippen LogP contribution in [-0.2, 0) is 19.1 Å². The summed E-state index contributed by atoms with van der Waals surface area (Å²) in [5, 5.41) is 15.8. The van der Waals surface area contributed by atoms with Gasteiger partial charge in [0.05, 0.1) is 12.8 Å². The van der Waals surface area contributed by atoms with E-state index in [1.54, 1.807) is 0 Å². The second kappa shape index (κ2) is 14.6. The van der Waals surface area contributed by atoms with Crippen LogP contribution in [0.4, 0.5) is 0 Å². The number of hydrogen-bond acceptors (Lipinski definition) is 4. The molecule has 0 saturated carbocycles. The zero-order valence-electron chi connectivity index (χ0n) is 12.8. The van der Waals surface area contributed by atoms with E-state index in [1.807, 2.05) is 6.92 Å². The predicted molar refractivity (Wildman–Crippen MR) is 79.0 cm³/mol. The summed E-state index contributed by atoms with van der Waals surface area (Å²) in [6.07, 6.45) is 6.13. The monoisotopic (exact) mass is 302 g/mol. The number of carbonyl (C=O) groups excluding carboxylic acids is 1. The van der Waals surface area contributed by atoms with Crippen LogP contribution in [0.5, 0.6) is 0 Å². The lowest BCUT2D eigenvalue weighted by atomic mass is 10.1. The molecule has 21 heavy (non-hydrogen) atoms. The summed E-state index contributed by atoms with van der Waals surface area (Å²) in [5.41, 5.74) is 0. The van der Waals surface area contributed by atoms with Crippen LogP contribution in [0.1, 0.15) is 58.8 Å². The van der Waals surface area contributed by atoms with Crippen LogP contribution in [0.25, 0.3) is 0 Å². The molecule has 6 heteroatoms. The first-order valence-corrected chi connectivity index (χ1v) is 7.13. The fourth-order valence-corrected chi connectivity index (χ4v) is 1.39. The van der Waals surface area contributed by atoms with E-state index in [1.165, 1.54) is 18.9 Å². The third-order valence-electron chi connectivity index (χ3n) is 2.59. The molecule has 6 nitrogen and oxygen atoms in total. The van der Waals surface area contributed by atoms with Gasteiger partial charge in [-0.1, -0.05) is 33.3 Å². The topological polar surface area (TPSA) is 101 Å². The normalized spacial score (nSPS) is 10.8. The highest BCUT2D eigenvalue weighted by atomic mass is 16.5. The van der Waals surface area contributed by atoms with E-state index in [0.29, 0.717) is 0 Å². The van der Waals surface area contributed by atoms with E-state index < -0.39 is 11.9 Å². The number of carbonyl (C=O) groups is 3. The highest BCUT2D eigenvalue weighted by Crippen LogP contribution is 2.10. The Kier molecular flexibility index (Phi) is 14.9. The first kappa shape index (κ1) is 21.4. The van der Waals surface area contributed by atoms with Gasteiger partial charge in [-0.25, -0.2) is 4.79 Å². The molecule has 0 aromatic heterocycles. The van der Waals surface area contributed by atoms with Gasteiger partial charge in [0.15, 0.2) is 0 Å². The fourth-order valence-electron chi connectivity index (χ4n) is 1.39.